The van der Waals surface area contributed by atoms with E-state index in [1.807, 2.05) is 11.8 Å². The third-order valence-electron chi connectivity index (χ3n) is 3.57. The summed E-state index contributed by atoms with van der Waals surface area (Å²) in [7, 11) is 0. The van der Waals surface area contributed by atoms with Gasteiger partial charge in [0.15, 0.2) is 0 Å². The Morgan fingerprint density at radius 3 is 2.53 bits per heavy atom. The normalized spacial score (nSPS) is 17.0. The van der Waals surface area contributed by atoms with Gasteiger partial charge in [0.2, 0.25) is 0 Å². The Bertz CT molecular complexity index is 358. The van der Waals surface area contributed by atoms with Crippen LogP contribution in [0.15, 0.2) is 29.2 Å². The fourth-order valence-electron chi connectivity index (χ4n) is 2.28. The first-order valence-corrected chi connectivity index (χ1v) is 8.28. The molecule has 0 unspecified atom stereocenters. The highest BCUT2D eigenvalue weighted by molar-refractivity contribution is 7.99. The van der Waals surface area contributed by atoms with E-state index in [9.17, 15) is 0 Å². The van der Waals surface area contributed by atoms with Gasteiger partial charge in [-0.2, -0.15) is 0 Å². The molecule has 19 heavy (non-hydrogen) atoms. The third kappa shape index (κ3) is 5.17. The van der Waals surface area contributed by atoms with Crippen LogP contribution in [0.5, 0.6) is 0 Å². The van der Waals surface area contributed by atoms with E-state index in [2.05, 4.69) is 43.4 Å². The molecule has 0 atom stereocenters. The summed E-state index contributed by atoms with van der Waals surface area (Å²) in [6.45, 7) is 7.39. The van der Waals surface area contributed by atoms with Gasteiger partial charge in [0.1, 0.15) is 0 Å². The lowest BCUT2D eigenvalue weighted by molar-refractivity contribution is 0.0786. The lowest BCUT2D eigenvalue weighted by atomic mass is 10.0. The van der Waals surface area contributed by atoms with Crippen molar-refractivity contribution < 1.29 is 4.74 Å². The molecule has 0 radical (unpaired) electrons. The molecule has 0 spiro atoms. The summed E-state index contributed by atoms with van der Waals surface area (Å²) in [6.07, 6.45) is 2.32. The fraction of sp³-hybridized carbons (Fsp3) is 0.625. The number of nitrogens with one attached hydrogen (secondary N) is 1. The average molecular weight is 279 g/mol. The third-order valence-corrected chi connectivity index (χ3v) is 4.59. The number of thioether (sulfide) groups is 1. The first-order valence-electron chi connectivity index (χ1n) is 7.29. The van der Waals surface area contributed by atoms with Crippen LogP contribution in [0.1, 0.15) is 38.2 Å². The molecule has 1 saturated heterocycles. The SMILES string of the molecule is CC(C)c1ccc(SCCNC2CCOCC2)cc1. The van der Waals surface area contributed by atoms with Crippen molar-refractivity contribution in [3.05, 3.63) is 29.8 Å². The van der Waals surface area contributed by atoms with E-state index >= 15 is 0 Å². The zero-order valence-corrected chi connectivity index (χ0v) is 12.8. The molecular formula is C16H25NOS. The van der Waals surface area contributed by atoms with Crippen molar-refractivity contribution in [3.8, 4) is 0 Å². The van der Waals surface area contributed by atoms with Gasteiger partial charge in [0.05, 0.1) is 0 Å². The standard InChI is InChI=1S/C16H25NOS/c1-13(2)14-3-5-16(6-4-14)19-12-9-17-15-7-10-18-11-8-15/h3-6,13,15,17H,7-12H2,1-2H3. The van der Waals surface area contributed by atoms with E-state index in [-0.39, 0.29) is 0 Å². The molecule has 0 amide bonds. The maximum atomic E-state index is 5.36. The van der Waals surface area contributed by atoms with Crippen molar-refractivity contribution in [2.45, 2.75) is 43.5 Å². The lowest BCUT2D eigenvalue weighted by Gasteiger charge is -2.23. The van der Waals surface area contributed by atoms with Crippen LogP contribution in [0.4, 0.5) is 0 Å². The highest BCUT2D eigenvalue weighted by Crippen LogP contribution is 2.21. The van der Waals surface area contributed by atoms with Crippen LogP contribution in [-0.4, -0.2) is 31.6 Å². The monoisotopic (exact) mass is 279 g/mol. The largest absolute Gasteiger partial charge is 0.381 e. The molecule has 2 nitrogen and oxygen atoms in total. The molecule has 1 N–H and O–H groups in total. The van der Waals surface area contributed by atoms with E-state index in [4.69, 9.17) is 4.74 Å². The zero-order chi connectivity index (χ0) is 13.5. The summed E-state index contributed by atoms with van der Waals surface area (Å²) in [5, 5.41) is 3.62. The van der Waals surface area contributed by atoms with Crippen molar-refractivity contribution >= 4 is 11.8 Å². The molecule has 1 heterocycles. The molecule has 0 saturated carbocycles. The van der Waals surface area contributed by atoms with E-state index in [0.717, 1.165) is 38.4 Å². The average Bonchev–Trinajstić information content (AvgIpc) is 2.45. The quantitative estimate of drug-likeness (QED) is 0.634. The Morgan fingerprint density at radius 2 is 1.89 bits per heavy atom. The summed E-state index contributed by atoms with van der Waals surface area (Å²) < 4.78 is 5.36. The van der Waals surface area contributed by atoms with Crippen molar-refractivity contribution in [1.82, 2.24) is 5.32 Å². The summed E-state index contributed by atoms with van der Waals surface area (Å²) >= 11 is 1.94. The fourth-order valence-corrected chi connectivity index (χ4v) is 3.07. The second-order valence-corrected chi connectivity index (χ2v) is 6.58. The maximum absolute atomic E-state index is 5.36. The zero-order valence-electron chi connectivity index (χ0n) is 12.0. The summed E-state index contributed by atoms with van der Waals surface area (Å²) in [5.41, 5.74) is 1.42. The van der Waals surface area contributed by atoms with E-state index < -0.39 is 0 Å². The molecule has 0 aliphatic carbocycles. The highest BCUT2D eigenvalue weighted by Gasteiger charge is 2.12. The molecule has 0 bridgehead atoms. The second-order valence-electron chi connectivity index (χ2n) is 5.41. The van der Waals surface area contributed by atoms with E-state index in [1.165, 1.54) is 10.5 Å². The van der Waals surface area contributed by atoms with Crippen molar-refractivity contribution in [2.24, 2.45) is 0 Å². The van der Waals surface area contributed by atoms with Gasteiger partial charge in [-0.05, 0) is 36.5 Å². The summed E-state index contributed by atoms with van der Waals surface area (Å²) in [4.78, 5) is 1.37. The van der Waals surface area contributed by atoms with Gasteiger partial charge in [-0.15, -0.1) is 11.8 Å². The van der Waals surface area contributed by atoms with E-state index in [1.54, 1.807) is 0 Å². The van der Waals surface area contributed by atoms with Crippen LogP contribution >= 0.6 is 11.8 Å². The van der Waals surface area contributed by atoms with Crippen LogP contribution < -0.4 is 5.32 Å². The van der Waals surface area contributed by atoms with Gasteiger partial charge >= 0.3 is 0 Å². The molecule has 1 aliphatic rings. The number of benzene rings is 1. The van der Waals surface area contributed by atoms with Gasteiger partial charge in [0, 0.05) is 36.4 Å². The first kappa shape index (κ1) is 14.9. The molecule has 2 rings (SSSR count). The Morgan fingerprint density at radius 1 is 1.21 bits per heavy atom. The molecule has 3 heteroatoms. The molecule has 1 aliphatic heterocycles. The number of ether oxygens (including phenoxy) is 1. The molecule has 1 aromatic rings. The van der Waals surface area contributed by atoms with Crippen LogP contribution in [0.2, 0.25) is 0 Å². The molecular weight excluding hydrogens is 254 g/mol. The predicted octanol–water partition coefficient (Wildman–Crippen LogP) is 3.67. The topological polar surface area (TPSA) is 21.3 Å². The minimum atomic E-state index is 0.620. The minimum absolute atomic E-state index is 0.620. The number of hydrogen-bond donors (Lipinski definition) is 1. The van der Waals surface area contributed by atoms with Gasteiger partial charge in [0.25, 0.3) is 0 Å². The highest BCUT2D eigenvalue weighted by atomic mass is 32.2. The lowest BCUT2D eigenvalue weighted by Crippen LogP contribution is -2.35. The Labute approximate surface area is 121 Å². The van der Waals surface area contributed by atoms with Crippen LogP contribution in [-0.2, 0) is 4.74 Å². The van der Waals surface area contributed by atoms with Gasteiger partial charge in [-0.1, -0.05) is 26.0 Å². The van der Waals surface area contributed by atoms with Crippen molar-refractivity contribution in [1.29, 1.82) is 0 Å². The molecule has 0 aromatic heterocycles. The Hall–Kier alpha value is -0.510. The molecule has 106 valence electrons. The smallest absolute Gasteiger partial charge is 0.0480 e. The van der Waals surface area contributed by atoms with Gasteiger partial charge in [-0.3, -0.25) is 0 Å². The van der Waals surface area contributed by atoms with Crippen LogP contribution in [0.3, 0.4) is 0 Å². The van der Waals surface area contributed by atoms with Gasteiger partial charge < -0.3 is 10.1 Å². The second kappa shape index (κ2) is 7.93. The summed E-state index contributed by atoms with van der Waals surface area (Å²) in [6, 6.07) is 9.65. The van der Waals surface area contributed by atoms with Crippen LogP contribution in [0.25, 0.3) is 0 Å². The van der Waals surface area contributed by atoms with E-state index in [0.29, 0.717) is 12.0 Å². The van der Waals surface area contributed by atoms with Crippen molar-refractivity contribution in [3.63, 3.8) is 0 Å². The summed E-state index contributed by atoms with van der Waals surface area (Å²) in [5.74, 6) is 1.76. The minimum Gasteiger partial charge on any atom is -0.381 e. The number of rotatable bonds is 6. The first-order chi connectivity index (χ1) is 9.25. The Balaban J connectivity index is 1.64. The number of hydrogen-bond acceptors (Lipinski definition) is 3. The Kier molecular flexibility index (Phi) is 6.21. The van der Waals surface area contributed by atoms with Gasteiger partial charge in [-0.25, -0.2) is 0 Å². The molecule has 1 fully saturated rings. The van der Waals surface area contributed by atoms with Crippen LogP contribution in [0, 0.1) is 0 Å². The predicted molar refractivity (Wildman–Crippen MR) is 83.1 cm³/mol. The maximum Gasteiger partial charge on any atom is 0.0480 e. The molecule has 1 aromatic carbocycles. The van der Waals surface area contributed by atoms with Crippen molar-refractivity contribution in [2.75, 3.05) is 25.5 Å².